The van der Waals surface area contributed by atoms with Crippen molar-refractivity contribution in [3.8, 4) is 11.5 Å². The highest BCUT2D eigenvalue weighted by molar-refractivity contribution is 6.16. The summed E-state index contributed by atoms with van der Waals surface area (Å²) in [6.45, 7) is 0.272. The maximum absolute atomic E-state index is 11.1. The van der Waals surface area contributed by atoms with Crippen molar-refractivity contribution < 1.29 is 14.3 Å². The minimum Gasteiger partial charge on any atom is -0.454 e. The van der Waals surface area contributed by atoms with Crippen LogP contribution in [0.25, 0.3) is 12.2 Å². The molecule has 5 nitrogen and oxygen atoms in total. The maximum atomic E-state index is 11.1. The molecule has 0 unspecified atom stereocenters. The molecule has 1 aliphatic heterocycles. The monoisotopic (exact) mass is 334 g/mol. The van der Waals surface area contributed by atoms with Crippen molar-refractivity contribution in [1.29, 1.82) is 0 Å². The van der Waals surface area contributed by atoms with Crippen molar-refractivity contribution in [2.24, 2.45) is 5.84 Å². The van der Waals surface area contributed by atoms with E-state index in [9.17, 15) is 4.79 Å². The van der Waals surface area contributed by atoms with Gasteiger partial charge in [0.2, 0.25) is 6.79 Å². The first-order valence-electron chi connectivity index (χ1n) is 7.78. The lowest BCUT2D eigenvalue weighted by Gasteiger charge is -2.05. The van der Waals surface area contributed by atoms with Crippen LogP contribution in [-0.4, -0.2) is 12.6 Å². The Labute approximate surface area is 146 Å². The van der Waals surface area contributed by atoms with E-state index in [4.69, 9.17) is 15.3 Å². The second-order valence-corrected chi connectivity index (χ2v) is 5.32. The smallest absolute Gasteiger partial charge is 0.231 e. The third kappa shape index (κ3) is 4.37. The van der Waals surface area contributed by atoms with Crippen molar-refractivity contribution >= 4 is 17.9 Å². The molecular formula is C20H18N2O3. The maximum Gasteiger partial charge on any atom is 0.231 e. The minimum atomic E-state index is 0.0765. The molecule has 0 spiro atoms. The number of allylic oxidation sites excluding steroid dienone is 3. The summed E-state index contributed by atoms with van der Waals surface area (Å²) in [5, 5.41) is 0. The summed E-state index contributed by atoms with van der Waals surface area (Å²) in [6.07, 6.45) is 8.78. The highest BCUT2D eigenvalue weighted by Crippen LogP contribution is 2.33. The largest absolute Gasteiger partial charge is 0.454 e. The summed E-state index contributed by atoms with van der Waals surface area (Å²) in [4.78, 5) is 11.1. The minimum absolute atomic E-state index is 0.0765. The van der Waals surface area contributed by atoms with Crippen molar-refractivity contribution in [3.63, 3.8) is 0 Å². The normalized spacial score (nSPS) is 15.7. The fraction of sp³-hybridized carbons (Fsp3) is 0.0500. The molecule has 0 bridgehead atoms. The van der Waals surface area contributed by atoms with Crippen molar-refractivity contribution in [2.45, 2.75) is 0 Å². The predicted octanol–water partition coefficient (Wildman–Crippen LogP) is 3.06. The van der Waals surface area contributed by atoms with Crippen LogP contribution in [0.1, 0.15) is 11.1 Å². The van der Waals surface area contributed by atoms with Crippen LogP contribution in [0, 0.1) is 0 Å². The molecular weight excluding hydrogens is 316 g/mol. The SMILES string of the molecule is NNC=Cc1ccccc1.O=C1C=CC1=Cc1ccc2c(c1)OCO2. The van der Waals surface area contributed by atoms with Crippen LogP contribution in [-0.2, 0) is 4.79 Å². The van der Waals surface area contributed by atoms with Gasteiger partial charge in [0.25, 0.3) is 0 Å². The van der Waals surface area contributed by atoms with E-state index < -0.39 is 0 Å². The average Bonchev–Trinajstić information content (AvgIpc) is 3.12. The number of benzene rings is 2. The third-order valence-corrected chi connectivity index (χ3v) is 3.59. The van der Waals surface area contributed by atoms with Crippen LogP contribution in [0.15, 0.2) is 72.5 Å². The molecule has 2 aromatic rings. The Balaban J connectivity index is 0.000000160. The number of fused-ring (bicyclic) bond motifs is 1. The highest BCUT2D eigenvalue weighted by atomic mass is 16.7. The Morgan fingerprint density at radius 2 is 1.76 bits per heavy atom. The van der Waals surface area contributed by atoms with Gasteiger partial charge in [-0.1, -0.05) is 36.4 Å². The van der Waals surface area contributed by atoms with Gasteiger partial charge >= 0.3 is 0 Å². The van der Waals surface area contributed by atoms with Crippen molar-refractivity contribution in [2.75, 3.05) is 6.79 Å². The first-order chi connectivity index (χ1) is 12.3. The van der Waals surface area contributed by atoms with Crippen LogP contribution in [0.2, 0.25) is 0 Å². The summed E-state index contributed by atoms with van der Waals surface area (Å²) >= 11 is 0. The van der Waals surface area contributed by atoms with Gasteiger partial charge < -0.3 is 14.9 Å². The lowest BCUT2D eigenvalue weighted by atomic mass is 9.98. The molecule has 1 heterocycles. The predicted molar refractivity (Wildman–Crippen MR) is 97.5 cm³/mol. The summed E-state index contributed by atoms with van der Waals surface area (Å²) in [5.41, 5.74) is 5.26. The van der Waals surface area contributed by atoms with E-state index in [1.807, 2.05) is 60.7 Å². The zero-order valence-electron chi connectivity index (χ0n) is 13.5. The number of carbonyl (C=O) groups excluding carboxylic acids is 1. The van der Waals surface area contributed by atoms with Crippen LogP contribution >= 0.6 is 0 Å². The Kier molecular flexibility index (Phi) is 5.29. The summed E-state index contributed by atoms with van der Waals surface area (Å²) in [7, 11) is 0. The molecule has 3 N–H and O–H groups in total. The van der Waals surface area contributed by atoms with Gasteiger partial charge in [-0.15, -0.1) is 0 Å². The number of hydrazine groups is 1. The fourth-order valence-electron chi connectivity index (χ4n) is 2.26. The first kappa shape index (κ1) is 16.5. The van der Waals surface area contributed by atoms with Gasteiger partial charge in [-0.25, -0.2) is 0 Å². The molecule has 0 saturated heterocycles. The number of hydrogen-bond donors (Lipinski definition) is 2. The quantitative estimate of drug-likeness (QED) is 0.513. The Morgan fingerprint density at radius 1 is 0.960 bits per heavy atom. The molecule has 0 fully saturated rings. The van der Waals surface area contributed by atoms with Crippen molar-refractivity contribution in [3.05, 3.63) is 83.6 Å². The van der Waals surface area contributed by atoms with Crippen LogP contribution < -0.4 is 20.7 Å². The second-order valence-electron chi connectivity index (χ2n) is 5.32. The van der Waals surface area contributed by atoms with E-state index >= 15 is 0 Å². The summed E-state index contributed by atoms with van der Waals surface area (Å²) < 4.78 is 10.4. The van der Waals surface area contributed by atoms with Gasteiger partial charge in [0.05, 0.1) is 0 Å². The fourth-order valence-corrected chi connectivity index (χ4v) is 2.26. The molecule has 0 radical (unpaired) electrons. The van der Waals surface area contributed by atoms with Gasteiger partial charge in [0.15, 0.2) is 17.3 Å². The summed E-state index contributed by atoms with van der Waals surface area (Å²) in [5.74, 6) is 6.61. The van der Waals surface area contributed by atoms with E-state index in [0.29, 0.717) is 0 Å². The zero-order chi connectivity index (χ0) is 17.5. The van der Waals surface area contributed by atoms with E-state index in [2.05, 4.69) is 5.43 Å². The highest BCUT2D eigenvalue weighted by Gasteiger charge is 2.14. The molecule has 4 rings (SSSR count). The number of ketones is 1. The van der Waals surface area contributed by atoms with Crippen molar-refractivity contribution in [1.82, 2.24) is 5.43 Å². The Bertz CT molecular complexity index is 839. The first-order valence-corrected chi connectivity index (χ1v) is 7.78. The number of rotatable bonds is 3. The van der Waals surface area contributed by atoms with E-state index in [1.54, 1.807) is 18.4 Å². The Morgan fingerprint density at radius 3 is 2.44 bits per heavy atom. The molecule has 0 aromatic heterocycles. The molecule has 0 saturated carbocycles. The van der Waals surface area contributed by atoms with Gasteiger partial charge in [-0.2, -0.15) is 0 Å². The molecule has 0 amide bonds. The molecule has 5 heteroatoms. The van der Waals surface area contributed by atoms with Gasteiger partial charge in [0, 0.05) is 11.8 Å². The van der Waals surface area contributed by atoms with E-state index in [1.165, 1.54) is 0 Å². The number of nitrogens with two attached hydrogens (primary N) is 1. The van der Waals surface area contributed by atoms with E-state index in [-0.39, 0.29) is 12.6 Å². The summed E-state index contributed by atoms with van der Waals surface area (Å²) in [6, 6.07) is 15.6. The molecule has 2 aromatic carbocycles. The van der Waals surface area contributed by atoms with Gasteiger partial charge in [-0.05, 0) is 47.6 Å². The molecule has 126 valence electrons. The molecule has 1 aliphatic carbocycles. The number of hydrogen-bond acceptors (Lipinski definition) is 5. The topological polar surface area (TPSA) is 73.6 Å². The van der Waals surface area contributed by atoms with Crippen LogP contribution in [0.4, 0.5) is 0 Å². The standard InChI is InChI=1S/C12H8O3.C8H10N2/c13-10-3-2-9(10)5-8-1-4-11-12(6-8)15-7-14-11;9-10-7-6-8-4-2-1-3-5-8/h1-6H,7H2;1-7,10H,9H2. The third-order valence-electron chi connectivity index (χ3n) is 3.59. The molecule has 0 atom stereocenters. The Hall–Kier alpha value is -3.31. The lowest BCUT2D eigenvalue weighted by molar-refractivity contribution is -0.111. The van der Waals surface area contributed by atoms with Gasteiger partial charge in [0.1, 0.15) is 0 Å². The second kappa shape index (κ2) is 7.99. The molecule has 2 aliphatic rings. The number of carbonyl (C=O) groups is 1. The van der Waals surface area contributed by atoms with E-state index in [0.717, 1.165) is 28.2 Å². The number of nitrogens with one attached hydrogen (secondary N) is 1. The van der Waals surface area contributed by atoms with Crippen LogP contribution in [0.3, 0.4) is 0 Å². The number of ether oxygens (including phenoxy) is 2. The average molecular weight is 334 g/mol. The van der Waals surface area contributed by atoms with Crippen LogP contribution in [0.5, 0.6) is 11.5 Å². The zero-order valence-corrected chi connectivity index (χ0v) is 13.5. The molecule has 25 heavy (non-hydrogen) atoms. The van der Waals surface area contributed by atoms with Gasteiger partial charge in [-0.3, -0.25) is 10.6 Å². The lowest BCUT2D eigenvalue weighted by Crippen LogP contribution is -2.12.